The number of hydrogen-bond donors (Lipinski definition) is 0. The second-order valence-corrected chi connectivity index (χ2v) is 8.68. The highest BCUT2D eigenvalue weighted by Crippen LogP contribution is 2.28. The molecule has 1 aliphatic rings. The van der Waals surface area contributed by atoms with E-state index in [1.54, 1.807) is 18.2 Å². The summed E-state index contributed by atoms with van der Waals surface area (Å²) in [4.78, 5) is 4.32. The van der Waals surface area contributed by atoms with E-state index in [9.17, 15) is 12.8 Å². The molecule has 1 aromatic heterocycles. The Morgan fingerprint density at radius 3 is 2.64 bits per heavy atom. The predicted molar refractivity (Wildman–Crippen MR) is 94.8 cm³/mol. The van der Waals surface area contributed by atoms with E-state index in [1.165, 1.54) is 34.4 Å². The molecule has 0 unspecified atom stereocenters. The van der Waals surface area contributed by atoms with E-state index < -0.39 is 10.0 Å². The number of hydrogen-bond acceptors (Lipinski definition) is 5. The molecule has 0 saturated carbocycles. The maximum atomic E-state index is 13.8. The van der Waals surface area contributed by atoms with Crippen LogP contribution in [0.1, 0.15) is 5.56 Å². The summed E-state index contributed by atoms with van der Waals surface area (Å²) in [6.45, 7) is 1.46. The first-order valence-corrected chi connectivity index (χ1v) is 10.4. The van der Waals surface area contributed by atoms with Crippen LogP contribution in [0.5, 0.6) is 0 Å². The molecule has 1 aromatic carbocycles. The molecule has 25 heavy (non-hydrogen) atoms. The van der Waals surface area contributed by atoms with Crippen LogP contribution in [0, 0.1) is 5.82 Å². The van der Waals surface area contributed by atoms with Crippen LogP contribution in [-0.4, -0.2) is 44.0 Å². The number of ether oxygens (including phenoxy) is 1. The number of rotatable bonds is 5. The molecule has 0 N–H and O–H groups in total. The molecule has 3 rings (SSSR count). The van der Waals surface area contributed by atoms with Crippen LogP contribution in [0.25, 0.3) is 0 Å². The van der Waals surface area contributed by atoms with Crippen LogP contribution in [0.3, 0.4) is 0 Å². The molecule has 1 aliphatic heterocycles. The number of aromatic nitrogens is 1. The van der Waals surface area contributed by atoms with E-state index in [4.69, 9.17) is 16.3 Å². The molecule has 0 amide bonds. The van der Waals surface area contributed by atoms with E-state index >= 15 is 0 Å². The fraction of sp³-hybridized carbons (Fsp3) is 0.312. The molecular formula is C16H16ClFN2O3S2. The molecule has 0 atom stereocenters. The summed E-state index contributed by atoms with van der Waals surface area (Å²) in [5, 5.41) is 0.958. The van der Waals surface area contributed by atoms with Crippen molar-refractivity contribution >= 4 is 33.4 Å². The first-order chi connectivity index (χ1) is 12.0. The molecule has 9 heteroatoms. The average molecular weight is 403 g/mol. The van der Waals surface area contributed by atoms with E-state index in [2.05, 4.69) is 4.98 Å². The normalized spacial score (nSPS) is 16.1. The Morgan fingerprint density at radius 2 is 2.00 bits per heavy atom. The van der Waals surface area contributed by atoms with Crippen molar-refractivity contribution in [3.8, 4) is 0 Å². The van der Waals surface area contributed by atoms with Gasteiger partial charge in [-0.25, -0.2) is 17.8 Å². The number of halogens is 2. The predicted octanol–water partition coefficient (Wildman–Crippen LogP) is 3.19. The van der Waals surface area contributed by atoms with Crippen molar-refractivity contribution in [1.82, 2.24) is 9.29 Å². The Bertz CT molecular complexity index is 821. The Labute approximate surface area is 155 Å². The van der Waals surface area contributed by atoms with E-state index in [-0.39, 0.29) is 10.7 Å². The molecule has 2 aromatic rings. The number of pyridine rings is 1. The SMILES string of the molecule is O=S(=O)(c1ccc(SCc2c(F)cccc2Cl)nc1)N1CCOCC1. The lowest BCUT2D eigenvalue weighted by molar-refractivity contribution is 0.0730. The average Bonchev–Trinajstić information content (AvgIpc) is 2.62. The minimum atomic E-state index is -3.56. The van der Waals surface area contributed by atoms with Gasteiger partial charge in [0, 0.05) is 35.6 Å². The fourth-order valence-corrected chi connectivity index (χ4v) is 4.90. The summed E-state index contributed by atoms with van der Waals surface area (Å²) in [5.74, 6) is -0.0554. The first kappa shape index (κ1) is 18.6. The lowest BCUT2D eigenvalue weighted by atomic mass is 10.2. The Morgan fingerprint density at radius 1 is 1.24 bits per heavy atom. The van der Waals surface area contributed by atoms with Crippen LogP contribution >= 0.6 is 23.4 Å². The zero-order valence-electron chi connectivity index (χ0n) is 13.2. The van der Waals surface area contributed by atoms with E-state index in [1.807, 2.05) is 0 Å². The van der Waals surface area contributed by atoms with Crippen LogP contribution in [0.4, 0.5) is 4.39 Å². The molecule has 0 bridgehead atoms. The molecule has 1 saturated heterocycles. The highest BCUT2D eigenvalue weighted by molar-refractivity contribution is 7.98. The van der Waals surface area contributed by atoms with Gasteiger partial charge in [-0.05, 0) is 24.3 Å². The van der Waals surface area contributed by atoms with Crippen molar-refractivity contribution in [2.45, 2.75) is 15.7 Å². The second-order valence-electron chi connectivity index (χ2n) is 5.34. The maximum Gasteiger partial charge on any atom is 0.244 e. The van der Waals surface area contributed by atoms with Crippen molar-refractivity contribution in [2.75, 3.05) is 26.3 Å². The number of nitrogens with zero attached hydrogens (tertiary/aromatic N) is 2. The highest BCUT2D eigenvalue weighted by Gasteiger charge is 2.26. The number of sulfonamides is 1. The highest BCUT2D eigenvalue weighted by atomic mass is 35.5. The van der Waals surface area contributed by atoms with Gasteiger partial charge in [0.2, 0.25) is 10.0 Å². The molecule has 1 fully saturated rings. The quantitative estimate of drug-likeness (QED) is 0.719. The molecule has 134 valence electrons. The van der Waals surface area contributed by atoms with Gasteiger partial charge in [-0.15, -0.1) is 11.8 Å². The van der Waals surface area contributed by atoms with Gasteiger partial charge in [0.25, 0.3) is 0 Å². The summed E-state index contributed by atoms with van der Waals surface area (Å²) in [5.41, 5.74) is 0.404. The summed E-state index contributed by atoms with van der Waals surface area (Å²) in [7, 11) is -3.56. The largest absolute Gasteiger partial charge is 0.379 e. The summed E-state index contributed by atoms with van der Waals surface area (Å²) < 4.78 is 45.4. The Kier molecular flexibility index (Phi) is 5.96. The van der Waals surface area contributed by atoms with Crippen LogP contribution in [0.15, 0.2) is 46.5 Å². The third-order valence-electron chi connectivity index (χ3n) is 3.74. The van der Waals surface area contributed by atoms with Crippen LogP contribution < -0.4 is 0 Å². The van der Waals surface area contributed by atoms with Gasteiger partial charge in [0.1, 0.15) is 10.7 Å². The summed E-state index contributed by atoms with van der Waals surface area (Å²) >= 11 is 7.29. The molecule has 5 nitrogen and oxygen atoms in total. The lowest BCUT2D eigenvalue weighted by Gasteiger charge is -2.25. The van der Waals surface area contributed by atoms with Gasteiger partial charge in [-0.3, -0.25) is 0 Å². The second kappa shape index (κ2) is 8.01. The molecule has 0 radical (unpaired) electrons. The van der Waals surface area contributed by atoms with Gasteiger partial charge in [0.15, 0.2) is 0 Å². The lowest BCUT2D eigenvalue weighted by Crippen LogP contribution is -2.40. The molecule has 0 aliphatic carbocycles. The number of thioether (sulfide) groups is 1. The standard InChI is InChI=1S/C16H16ClFN2O3S2/c17-14-2-1-3-15(18)13(14)11-24-16-5-4-12(10-19-16)25(21,22)20-6-8-23-9-7-20/h1-5,10H,6-9,11H2. The van der Waals surface area contributed by atoms with E-state index in [0.29, 0.717) is 47.7 Å². The smallest absolute Gasteiger partial charge is 0.244 e. The molecule has 0 spiro atoms. The Hall–Kier alpha value is -1.19. The number of morpholine rings is 1. The van der Waals surface area contributed by atoms with Crippen LogP contribution in [0.2, 0.25) is 5.02 Å². The maximum absolute atomic E-state index is 13.8. The van der Waals surface area contributed by atoms with Gasteiger partial charge in [-0.1, -0.05) is 17.7 Å². The minimum Gasteiger partial charge on any atom is -0.379 e. The summed E-state index contributed by atoms with van der Waals surface area (Å²) in [6, 6.07) is 7.67. The van der Waals surface area contributed by atoms with Gasteiger partial charge < -0.3 is 4.74 Å². The van der Waals surface area contributed by atoms with Gasteiger partial charge in [-0.2, -0.15) is 4.31 Å². The van der Waals surface area contributed by atoms with Crippen molar-refractivity contribution in [2.24, 2.45) is 0 Å². The van der Waals surface area contributed by atoms with Gasteiger partial charge in [0.05, 0.1) is 18.2 Å². The van der Waals surface area contributed by atoms with Gasteiger partial charge >= 0.3 is 0 Å². The van der Waals surface area contributed by atoms with Crippen molar-refractivity contribution in [3.05, 3.63) is 52.9 Å². The monoisotopic (exact) mass is 402 g/mol. The van der Waals surface area contributed by atoms with E-state index in [0.717, 1.165) is 0 Å². The molecular weight excluding hydrogens is 387 g/mol. The minimum absolute atomic E-state index is 0.141. The first-order valence-electron chi connectivity index (χ1n) is 7.58. The topological polar surface area (TPSA) is 59.5 Å². The zero-order chi connectivity index (χ0) is 17.9. The molecule has 2 heterocycles. The fourth-order valence-electron chi connectivity index (χ4n) is 2.36. The van der Waals surface area contributed by atoms with Crippen molar-refractivity contribution in [1.29, 1.82) is 0 Å². The van der Waals surface area contributed by atoms with Crippen molar-refractivity contribution in [3.63, 3.8) is 0 Å². The summed E-state index contributed by atoms with van der Waals surface area (Å²) in [6.07, 6.45) is 1.33. The zero-order valence-corrected chi connectivity index (χ0v) is 15.6. The Balaban J connectivity index is 1.70. The number of benzene rings is 1. The third-order valence-corrected chi connectivity index (χ3v) is 6.95. The third kappa shape index (κ3) is 4.32. The van der Waals surface area contributed by atoms with Crippen LogP contribution in [-0.2, 0) is 20.5 Å². The van der Waals surface area contributed by atoms with Crippen molar-refractivity contribution < 1.29 is 17.5 Å².